The van der Waals surface area contributed by atoms with E-state index in [-0.39, 0.29) is 5.78 Å². The molecule has 0 aromatic heterocycles. The van der Waals surface area contributed by atoms with Gasteiger partial charge in [0, 0.05) is 17.6 Å². The van der Waals surface area contributed by atoms with Gasteiger partial charge in [0.25, 0.3) is 0 Å². The molecule has 0 saturated carbocycles. The molecule has 0 saturated heterocycles. The molecule has 13 heavy (non-hydrogen) atoms. The third-order valence-corrected chi connectivity index (χ3v) is 2.66. The van der Waals surface area contributed by atoms with Crippen molar-refractivity contribution in [2.45, 2.75) is 20.3 Å². The Kier molecular flexibility index (Phi) is 1.80. The van der Waals surface area contributed by atoms with Gasteiger partial charge in [0.1, 0.15) is 0 Å². The van der Waals surface area contributed by atoms with Crippen LogP contribution in [0.2, 0.25) is 0 Å². The van der Waals surface area contributed by atoms with E-state index in [1.807, 2.05) is 25.1 Å². The Bertz CT molecular complexity index is 400. The summed E-state index contributed by atoms with van der Waals surface area (Å²) in [6, 6.07) is 5.93. The van der Waals surface area contributed by atoms with Crippen LogP contribution in [-0.4, -0.2) is 5.78 Å². The fourth-order valence-electron chi connectivity index (χ4n) is 1.83. The van der Waals surface area contributed by atoms with Crippen molar-refractivity contribution < 1.29 is 4.79 Å². The van der Waals surface area contributed by atoms with Crippen molar-refractivity contribution in [1.82, 2.24) is 0 Å². The van der Waals surface area contributed by atoms with Crippen molar-refractivity contribution in [3.05, 3.63) is 46.5 Å². The molecule has 0 heterocycles. The third kappa shape index (κ3) is 1.12. The molecule has 0 amide bonds. The Morgan fingerprint density at radius 1 is 1.38 bits per heavy atom. The summed E-state index contributed by atoms with van der Waals surface area (Å²) in [4.78, 5) is 11.7. The van der Waals surface area contributed by atoms with Crippen LogP contribution in [0.5, 0.6) is 0 Å². The van der Waals surface area contributed by atoms with E-state index in [0.717, 1.165) is 17.6 Å². The highest BCUT2D eigenvalue weighted by molar-refractivity contribution is 6.13. The number of ketones is 1. The molecule has 1 aromatic carbocycles. The summed E-state index contributed by atoms with van der Waals surface area (Å²) in [7, 11) is 0. The Labute approximate surface area is 78.1 Å². The SMILES string of the molecule is C/C=C1/Cc2c(C)cccc2C1=O. The van der Waals surface area contributed by atoms with Crippen LogP contribution < -0.4 is 0 Å². The molecule has 2 rings (SSSR count). The van der Waals surface area contributed by atoms with Gasteiger partial charge in [0.15, 0.2) is 5.78 Å². The number of carbonyl (C=O) groups is 1. The summed E-state index contributed by atoms with van der Waals surface area (Å²) in [6.07, 6.45) is 2.74. The molecule has 0 aliphatic heterocycles. The van der Waals surface area contributed by atoms with E-state index in [2.05, 4.69) is 13.0 Å². The Balaban J connectivity index is 2.62. The van der Waals surface area contributed by atoms with E-state index < -0.39 is 0 Å². The highest BCUT2D eigenvalue weighted by atomic mass is 16.1. The molecule has 1 aliphatic carbocycles. The van der Waals surface area contributed by atoms with Gasteiger partial charge in [0.05, 0.1) is 0 Å². The van der Waals surface area contributed by atoms with Crippen LogP contribution in [0, 0.1) is 6.92 Å². The lowest BCUT2D eigenvalue weighted by molar-refractivity contribution is 0.103. The molecule has 0 spiro atoms. The molecule has 0 fully saturated rings. The molecule has 0 radical (unpaired) electrons. The number of fused-ring (bicyclic) bond motifs is 1. The second-order valence-corrected chi connectivity index (χ2v) is 3.42. The number of benzene rings is 1. The van der Waals surface area contributed by atoms with Gasteiger partial charge in [-0.3, -0.25) is 4.79 Å². The smallest absolute Gasteiger partial charge is 0.189 e. The van der Waals surface area contributed by atoms with Gasteiger partial charge in [-0.05, 0) is 25.0 Å². The maximum Gasteiger partial charge on any atom is 0.189 e. The predicted molar refractivity (Wildman–Crippen MR) is 53.0 cm³/mol. The van der Waals surface area contributed by atoms with E-state index >= 15 is 0 Å². The zero-order valence-corrected chi connectivity index (χ0v) is 7.92. The minimum Gasteiger partial charge on any atom is -0.289 e. The molecular formula is C12H12O. The van der Waals surface area contributed by atoms with Crippen LogP contribution in [-0.2, 0) is 6.42 Å². The van der Waals surface area contributed by atoms with Gasteiger partial charge < -0.3 is 0 Å². The third-order valence-electron chi connectivity index (χ3n) is 2.66. The molecule has 1 nitrogen and oxygen atoms in total. The van der Waals surface area contributed by atoms with E-state index in [9.17, 15) is 4.79 Å². The monoisotopic (exact) mass is 172 g/mol. The zero-order chi connectivity index (χ0) is 9.42. The van der Waals surface area contributed by atoms with Crippen LogP contribution in [0.25, 0.3) is 0 Å². The van der Waals surface area contributed by atoms with Crippen molar-refractivity contribution in [2.24, 2.45) is 0 Å². The van der Waals surface area contributed by atoms with E-state index in [1.165, 1.54) is 11.1 Å². The summed E-state index contributed by atoms with van der Waals surface area (Å²) in [5, 5.41) is 0. The Morgan fingerprint density at radius 3 is 2.77 bits per heavy atom. The second-order valence-electron chi connectivity index (χ2n) is 3.42. The number of rotatable bonds is 0. The number of hydrogen-bond donors (Lipinski definition) is 0. The van der Waals surface area contributed by atoms with Gasteiger partial charge in [0.2, 0.25) is 0 Å². The summed E-state index contributed by atoms with van der Waals surface area (Å²) in [5.74, 6) is 0.209. The first-order valence-corrected chi connectivity index (χ1v) is 4.52. The predicted octanol–water partition coefficient (Wildman–Crippen LogP) is 2.68. The molecule has 1 aliphatic rings. The van der Waals surface area contributed by atoms with E-state index in [1.54, 1.807) is 0 Å². The van der Waals surface area contributed by atoms with Crippen LogP contribution in [0.1, 0.15) is 28.4 Å². The van der Waals surface area contributed by atoms with Gasteiger partial charge in [-0.2, -0.15) is 0 Å². The minimum absolute atomic E-state index is 0.209. The van der Waals surface area contributed by atoms with Gasteiger partial charge in [-0.25, -0.2) is 0 Å². The van der Waals surface area contributed by atoms with Gasteiger partial charge >= 0.3 is 0 Å². The number of carbonyl (C=O) groups excluding carboxylic acids is 1. The van der Waals surface area contributed by atoms with Crippen LogP contribution >= 0.6 is 0 Å². The van der Waals surface area contributed by atoms with Crippen molar-refractivity contribution in [2.75, 3.05) is 0 Å². The lowest BCUT2D eigenvalue weighted by Gasteiger charge is -1.99. The first kappa shape index (κ1) is 8.24. The average Bonchev–Trinajstić information content (AvgIpc) is 2.45. The van der Waals surface area contributed by atoms with Gasteiger partial charge in [-0.15, -0.1) is 0 Å². The standard InChI is InChI=1S/C12H12O/c1-3-9-7-11-8(2)5-4-6-10(11)12(9)13/h3-6H,7H2,1-2H3/b9-3-. The van der Waals surface area contributed by atoms with Gasteiger partial charge in [-0.1, -0.05) is 24.3 Å². The van der Waals surface area contributed by atoms with E-state index in [0.29, 0.717) is 0 Å². The van der Waals surface area contributed by atoms with Crippen molar-refractivity contribution in [1.29, 1.82) is 0 Å². The quantitative estimate of drug-likeness (QED) is 0.550. The van der Waals surface area contributed by atoms with Crippen molar-refractivity contribution >= 4 is 5.78 Å². The fraction of sp³-hybridized carbons (Fsp3) is 0.250. The fourth-order valence-corrected chi connectivity index (χ4v) is 1.83. The molecule has 66 valence electrons. The molecule has 1 aromatic rings. The highest BCUT2D eigenvalue weighted by Crippen LogP contribution is 2.28. The Hall–Kier alpha value is -1.37. The normalized spacial score (nSPS) is 18.0. The summed E-state index contributed by atoms with van der Waals surface area (Å²) < 4.78 is 0. The number of Topliss-reactive ketones (excluding diaryl/α,β-unsaturated/α-hetero) is 1. The lowest BCUT2D eigenvalue weighted by atomic mass is 10.1. The topological polar surface area (TPSA) is 17.1 Å². The lowest BCUT2D eigenvalue weighted by Crippen LogP contribution is -1.94. The number of hydrogen-bond acceptors (Lipinski definition) is 1. The summed E-state index contributed by atoms with van der Waals surface area (Å²) in [6.45, 7) is 3.99. The molecule has 0 atom stereocenters. The minimum atomic E-state index is 0.209. The van der Waals surface area contributed by atoms with Crippen LogP contribution in [0.15, 0.2) is 29.8 Å². The number of aryl methyl sites for hydroxylation is 1. The van der Waals surface area contributed by atoms with Crippen LogP contribution in [0.3, 0.4) is 0 Å². The average molecular weight is 172 g/mol. The Morgan fingerprint density at radius 2 is 2.15 bits per heavy atom. The molecule has 0 unspecified atom stereocenters. The molecule has 1 heteroatoms. The maximum absolute atomic E-state index is 11.7. The first-order valence-electron chi connectivity index (χ1n) is 4.52. The second kappa shape index (κ2) is 2.84. The summed E-state index contributed by atoms with van der Waals surface area (Å²) >= 11 is 0. The zero-order valence-electron chi connectivity index (χ0n) is 7.92. The highest BCUT2D eigenvalue weighted by Gasteiger charge is 2.24. The molecule has 0 N–H and O–H groups in total. The van der Waals surface area contributed by atoms with Crippen LogP contribution in [0.4, 0.5) is 0 Å². The molecule has 0 bridgehead atoms. The van der Waals surface area contributed by atoms with Crippen molar-refractivity contribution in [3.8, 4) is 0 Å². The van der Waals surface area contributed by atoms with E-state index in [4.69, 9.17) is 0 Å². The maximum atomic E-state index is 11.7. The first-order chi connectivity index (χ1) is 6.24. The summed E-state index contributed by atoms with van der Waals surface area (Å²) in [5.41, 5.74) is 4.26. The van der Waals surface area contributed by atoms with Crippen molar-refractivity contribution in [3.63, 3.8) is 0 Å². The number of allylic oxidation sites excluding steroid dienone is 2. The molecular weight excluding hydrogens is 160 g/mol. The largest absolute Gasteiger partial charge is 0.289 e.